The number of phenolic OH excluding ortho intramolecular Hbond substituents is 1. The summed E-state index contributed by atoms with van der Waals surface area (Å²) in [6.45, 7) is 1.92. The fourth-order valence-electron chi connectivity index (χ4n) is 2.12. The van der Waals surface area contributed by atoms with Gasteiger partial charge in [-0.05, 0) is 36.8 Å². The van der Waals surface area contributed by atoms with Gasteiger partial charge in [0.1, 0.15) is 16.4 Å². The minimum absolute atomic E-state index is 0.0388. The predicted molar refractivity (Wildman–Crippen MR) is 87.7 cm³/mol. The lowest BCUT2D eigenvalue weighted by molar-refractivity contribution is 0.473. The molecule has 3 rings (SSSR count). The fourth-order valence-corrected chi connectivity index (χ4v) is 3.38. The minimum atomic E-state index is -0.604. The quantitative estimate of drug-likeness (QED) is 0.576. The summed E-state index contributed by atoms with van der Waals surface area (Å²) in [5.74, 6) is 0.527. The number of nitrogens with zero attached hydrogens (tertiary/aromatic N) is 1. The highest BCUT2D eigenvalue weighted by Gasteiger charge is 2.14. The van der Waals surface area contributed by atoms with Crippen LogP contribution in [0.15, 0.2) is 50.6 Å². The van der Waals surface area contributed by atoms with Crippen molar-refractivity contribution in [2.45, 2.75) is 17.7 Å². The number of aromatic nitrogens is 1. The fraction of sp³-hybridized carbons (Fsp3) is 0.125. The van der Waals surface area contributed by atoms with Crippen LogP contribution in [0.3, 0.4) is 0 Å². The summed E-state index contributed by atoms with van der Waals surface area (Å²) in [4.78, 5) is 16.2. The Kier molecular flexibility index (Phi) is 4.09. The largest absolute Gasteiger partial charge is 0.508 e. The van der Waals surface area contributed by atoms with Crippen molar-refractivity contribution in [3.8, 4) is 5.75 Å². The van der Waals surface area contributed by atoms with Crippen LogP contribution in [0.5, 0.6) is 5.75 Å². The molecule has 0 saturated heterocycles. The standard InChI is InChI=1S/C16H12ClNO3S/c1-9-3-2-4-14(18-9)22-8-12-11-6-5-10(19)7-13(11)21-16(20)15(12)17/h2-7,19H,8H2,1H3. The number of pyridine rings is 1. The van der Waals surface area contributed by atoms with E-state index in [9.17, 15) is 9.90 Å². The number of rotatable bonds is 3. The van der Waals surface area contributed by atoms with E-state index in [2.05, 4.69) is 4.98 Å². The third kappa shape index (κ3) is 2.96. The highest BCUT2D eigenvalue weighted by molar-refractivity contribution is 7.98. The molecule has 1 aromatic carbocycles. The molecule has 2 heterocycles. The van der Waals surface area contributed by atoms with Gasteiger partial charge in [-0.3, -0.25) is 0 Å². The van der Waals surface area contributed by atoms with Gasteiger partial charge < -0.3 is 9.52 Å². The van der Waals surface area contributed by atoms with Crippen molar-refractivity contribution in [2.75, 3.05) is 0 Å². The van der Waals surface area contributed by atoms with Crippen molar-refractivity contribution in [1.29, 1.82) is 0 Å². The van der Waals surface area contributed by atoms with Gasteiger partial charge in [0.2, 0.25) is 0 Å². The molecule has 112 valence electrons. The molecule has 0 spiro atoms. The number of halogens is 1. The zero-order valence-corrected chi connectivity index (χ0v) is 13.2. The summed E-state index contributed by atoms with van der Waals surface area (Å²) >= 11 is 7.60. The molecule has 0 saturated carbocycles. The van der Waals surface area contributed by atoms with Gasteiger partial charge in [0.25, 0.3) is 0 Å². The first kappa shape index (κ1) is 14.9. The number of phenols is 1. The first-order valence-electron chi connectivity index (χ1n) is 6.55. The van der Waals surface area contributed by atoms with Gasteiger partial charge in [-0.1, -0.05) is 17.7 Å². The maximum atomic E-state index is 11.8. The molecule has 0 aliphatic rings. The monoisotopic (exact) mass is 333 g/mol. The number of fused-ring (bicyclic) bond motifs is 1. The maximum absolute atomic E-state index is 11.8. The predicted octanol–water partition coefficient (Wildman–Crippen LogP) is 4.15. The lowest BCUT2D eigenvalue weighted by Crippen LogP contribution is -2.03. The molecule has 4 nitrogen and oxygen atoms in total. The Morgan fingerprint density at radius 1 is 1.32 bits per heavy atom. The number of thioether (sulfide) groups is 1. The van der Waals surface area contributed by atoms with E-state index in [4.69, 9.17) is 16.0 Å². The molecule has 0 fully saturated rings. The third-order valence-corrected chi connectivity index (χ3v) is 4.50. The van der Waals surface area contributed by atoms with Crippen molar-refractivity contribution in [3.05, 3.63) is 63.1 Å². The van der Waals surface area contributed by atoms with Crippen molar-refractivity contribution >= 4 is 34.3 Å². The molecule has 3 aromatic rings. The van der Waals surface area contributed by atoms with Gasteiger partial charge in [-0.15, -0.1) is 11.8 Å². The lowest BCUT2D eigenvalue weighted by Gasteiger charge is -2.08. The number of hydrogen-bond donors (Lipinski definition) is 1. The van der Waals surface area contributed by atoms with Crippen LogP contribution in [0, 0.1) is 6.92 Å². The molecule has 0 bridgehead atoms. The lowest BCUT2D eigenvalue weighted by atomic mass is 10.1. The van der Waals surface area contributed by atoms with Crippen LogP contribution in [0.4, 0.5) is 0 Å². The molecule has 0 unspecified atom stereocenters. The van der Waals surface area contributed by atoms with Gasteiger partial charge in [-0.2, -0.15) is 0 Å². The molecule has 2 aromatic heterocycles. The van der Waals surface area contributed by atoms with Crippen LogP contribution in [0.1, 0.15) is 11.3 Å². The van der Waals surface area contributed by atoms with E-state index in [0.717, 1.165) is 10.7 Å². The van der Waals surface area contributed by atoms with Crippen molar-refractivity contribution < 1.29 is 9.52 Å². The first-order valence-corrected chi connectivity index (χ1v) is 7.91. The summed E-state index contributed by atoms with van der Waals surface area (Å²) in [6.07, 6.45) is 0. The van der Waals surface area contributed by atoms with E-state index in [-0.39, 0.29) is 10.8 Å². The summed E-state index contributed by atoms with van der Waals surface area (Å²) in [7, 11) is 0. The van der Waals surface area contributed by atoms with Crippen LogP contribution in [-0.4, -0.2) is 10.1 Å². The zero-order valence-electron chi connectivity index (χ0n) is 11.7. The molecule has 22 heavy (non-hydrogen) atoms. The SMILES string of the molecule is Cc1cccc(SCc2c(Cl)c(=O)oc3cc(O)ccc23)n1. The van der Waals surface area contributed by atoms with E-state index in [1.165, 1.54) is 23.9 Å². The van der Waals surface area contributed by atoms with Crippen LogP contribution < -0.4 is 5.63 Å². The first-order chi connectivity index (χ1) is 10.5. The van der Waals surface area contributed by atoms with E-state index in [0.29, 0.717) is 22.3 Å². The normalized spacial score (nSPS) is 11.0. The molecular formula is C16H12ClNO3S. The molecule has 0 amide bonds. The average Bonchev–Trinajstić information content (AvgIpc) is 2.48. The molecule has 0 radical (unpaired) electrons. The van der Waals surface area contributed by atoms with Crippen LogP contribution in [0.2, 0.25) is 5.02 Å². The van der Waals surface area contributed by atoms with Crippen LogP contribution in [-0.2, 0) is 5.75 Å². The topological polar surface area (TPSA) is 63.3 Å². The van der Waals surface area contributed by atoms with E-state index >= 15 is 0 Å². The second-order valence-electron chi connectivity index (χ2n) is 4.77. The van der Waals surface area contributed by atoms with Crippen LogP contribution >= 0.6 is 23.4 Å². The Morgan fingerprint density at radius 3 is 2.91 bits per heavy atom. The van der Waals surface area contributed by atoms with Gasteiger partial charge in [-0.25, -0.2) is 9.78 Å². The second-order valence-corrected chi connectivity index (χ2v) is 6.14. The van der Waals surface area contributed by atoms with E-state index in [1.807, 2.05) is 25.1 Å². The summed E-state index contributed by atoms with van der Waals surface area (Å²) in [5.41, 5.74) is 1.33. The Labute approximate surface area is 135 Å². The van der Waals surface area contributed by atoms with Gasteiger partial charge in [0, 0.05) is 22.9 Å². The number of benzene rings is 1. The number of aryl methyl sites for hydroxylation is 1. The Balaban J connectivity index is 2.02. The van der Waals surface area contributed by atoms with E-state index < -0.39 is 5.63 Å². The van der Waals surface area contributed by atoms with Crippen molar-refractivity contribution in [3.63, 3.8) is 0 Å². The second kappa shape index (κ2) is 6.02. The molecule has 0 atom stereocenters. The summed E-state index contributed by atoms with van der Waals surface area (Å²) in [6, 6.07) is 10.4. The van der Waals surface area contributed by atoms with E-state index in [1.54, 1.807) is 6.07 Å². The van der Waals surface area contributed by atoms with Gasteiger partial charge in [0.15, 0.2) is 0 Å². The van der Waals surface area contributed by atoms with Crippen molar-refractivity contribution in [2.24, 2.45) is 0 Å². The summed E-state index contributed by atoms with van der Waals surface area (Å²) < 4.78 is 5.11. The summed E-state index contributed by atoms with van der Waals surface area (Å²) in [5, 5.41) is 11.1. The van der Waals surface area contributed by atoms with Gasteiger partial charge >= 0.3 is 5.63 Å². The molecule has 1 N–H and O–H groups in total. The average molecular weight is 334 g/mol. The molecule has 6 heteroatoms. The highest BCUT2D eigenvalue weighted by Crippen LogP contribution is 2.31. The van der Waals surface area contributed by atoms with Gasteiger partial charge in [0.05, 0.1) is 5.03 Å². The third-order valence-electron chi connectivity index (χ3n) is 3.16. The molecular weight excluding hydrogens is 322 g/mol. The zero-order chi connectivity index (χ0) is 15.7. The molecule has 0 aliphatic carbocycles. The Bertz CT molecular complexity index is 908. The minimum Gasteiger partial charge on any atom is -0.508 e. The Hall–Kier alpha value is -1.98. The van der Waals surface area contributed by atoms with Crippen molar-refractivity contribution in [1.82, 2.24) is 4.98 Å². The maximum Gasteiger partial charge on any atom is 0.355 e. The van der Waals surface area contributed by atoms with Crippen LogP contribution in [0.25, 0.3) is 11.0 Å². The Morgan fingerprint density at radius 2 is 2.14 bits per heavy atom. The number of hydrogen-bond acceptors (Lipinski definition) is 5. The molecule has 0 aliphatic heterocycles. The number of aromatic hydroxyl groups is 1. The smallest absolute Gasteiger partial charge is 0.355 e. The highest BCUT2D eigenvalue weighted by atomic mass is 35.5.